The number of H-pyrrole nitrogens is 1. The number of rotatable bonds is 5. The maximum absolute atomic E-state index is 14.8. The Labute approximate surface area is 183 Å². The SMILES string of the molecule is C#C.Fc1ccc2nc(CNc3ncnc4nc[nH]c34)n(-c3ccccn3)c2c1C1CC1. The fraction of sp³-hybridized carbons (Fsp3) is 0.174. The number of pyridine rings is 1. The molecule has 0 unspecified atom stereocenters. The van der Waals surface area contributed by atoms with Crippen molar-refractivity contribution in [3.05, 3.63) is 66.4 Å². The van der Waals surface area contributed by atoms with E-state index in [-0.39, 0.29) is 11.7 Å². The highest BCUT2D eigenvalue weighted by Gasteiger charge is 2.31. The summed E-state index contributed by atoms with van der Waals surface area (Å²) >= 11 is 0. The molecule has 0 amide bonds. The molecule has 2 N–H and O–H groups in total. The zero-order valence-electron chi connectivity index (χ0n) is 17.0. The summed E-state index contributed by atoms with van der Waals surface area (Å²) in [5.41, 5.74) is 3.60. The lowest BCUT2D eigenvalue weighted by Gasteiger charge is -2.12. The summed E-state index contributed by atoms with van der Waals surface area (Å²) in [5, 5.41) is 3.31. The molecule has 1 aliphatic rings. The molecule has 158 valence electrons. The lowest BCUT2D eigenvalue weighted by atomic mass is 10.1. The third kappa shape index (κ3) is 3.32. The zero-order valence-corrected chi connectivity index (χ0v) is 17.0. The van der Waals surface area contributed by atoms with Gasteiger partial charge in [0.15, 0.2) is 11.5 Å². The topological polar surface area (TPSA) is 97.2 Å². The van der Waals surface area contributed by atoms with E-state index in [1.54, 1.807) is 18.6 Å². The number of hydrogen-bond donors (Lipinski definition) is 2. The molecule has 0 saturated heterocycles. The molecule has 1 saturated carbocycles. The number of aromatic amines is 1. The van der Waals surface area contributed by atoms with Crippen LogP contribution < -0.4 is 5.32 Å². The number of hydrogen-bond acceptors (Lipinski definition) is 6. The lowest BCUT2D eigenvalue weighted by molar-refractivity contribution is 0.612. The summed E-state index contributed by atoms with van der Waals surface area (Å²) < 4.78 is 16.7. The van der Waals surface area contributed by atoms with Crippen molar-refractivity contribution < 1.29 is 4.39 Å². The summed E-state index contributed by atoms with van der Waals surface area (Å²) in [7, 11) is 0. The van der Waals surface area contributed by atoms with E-state index in [1.807, 2.05) is 22.8 Å². The molecule has 32 heavy (non-hydrogen) atoms. The van der Waals surface area contributed by atoms with Gasteiger partial charge in [-0.3, -0.25) is 4.57 Å². The van der Waals surface area contributed by atoms with Gasteiger partial charge in [0.05, 0.1) is 23.9 Å². The number of aromatic nitrogens is 7. The molecule has 1 aliphatic carbocycles. The molecule has 0 bridgehead atoms. The smallest absolute Gasteiger partial charge is 0.182 e. The summed E-state index contributed by atoms with van der Waals surface area (Å²) in [6, 6.07) is 8.93. The van der Waals surface area contributed by atoms with E-state index in [0.717, 1.165) is 40.8 Å². The maximum atomic E-state index is 14.8. The highest BCUT2D eigenvalue weighted by Crippen LogP contribution is 2.45. The highest BCUT2D eigenvalue weighted by molar-refractivity contribution is 5.84. The summed E-state index contributed by atoms with van der Waals surface area (Å²) in [5.74, 6) is 2.11. The fourth-order valence-electron chi connectivity index (χ4n) is 3.89. The number of halogens is 1. The first kappa shape index (κ1) is 19.6. The van der Waals surface area contributed by atoms with Crippen LogP contribution in [-0.2, 0) is 6.54 Å². The van der Waals surface area contributed by atoms with E-state index in [9.17, 15) is 4.39 Å². The predicted molar refractivity (Wildman–Crippen MR) is 120 cm³/mol. The number of imidazole rings is 2. The van der Waals surface area contributed by atoms with Crippen molar-refractivity contribution in [1.82, 2.24) is 34.5 Å². The molecular formula is C23H19FN8. The van der Waals surface area contributed by atoms with E-state index in [0.29, 0.717) is 23.8 Å². The van der Waals surface area contributed by atoms with Crippen molar-refractivity contribution >= 4 is 28.0 Å². The van der Waals surface area contributed by atoms with Crippen molar-refractivity contribution in [3.8, 4) is 18.7 Å². The van der Waals surface area contributed by atoms with Crippen LogP contribution in [0.3, 0.4) is 0 Å². The highest BCUT2D eigenvalue weighted by atomic mass is 19.1. The number of fused-ring (bicyclic) bond motifs is 2. The number of anilines is 1. The molecule has 4 heterocycles. The Morgan fingerprint density at radius 3 is 2.75 bits per heavy atom. The summed E-state index contributed by atoms with van der Waals surface area (Å²) in [4.78, 5) is 25.0. The second kappa shape index (κ2) is 8.07. The first-order valence-electron chi connectivity index (χ1n) is 10.1. The average molecular weight is 426 g/mol. The Bertz CT molecular complexity index is 1420. The van der Waals surface area contributed by atoms with Crippen LogP contribution >= 0.6 is 0 Å². The zero-order chi connectivity index (χ0) is 22.1. The van der Waals surface area contributed by atoms with E-state index >= 15 is 0 Å². The number of terminal acetylenes is 1. The van der Waals surface area contributed by atoms with Crippen molar-refractivity contribution in [1.29, 1.82) is 0 Å². The fourth-order valence-corrected chi connectivity index (χ4v) is 3.89. The van der Waals surface area contributed by atoms with E-state index < -0.39 is 0 Å². The number of nitrogens with zero attached hydrogens (tertiary/aromatic N) is 6. The molecule has 9 heteroatoms. The van der Waals surface area contributed by atoms with Gasteiger partial charge in [0.25, 0.3) is 0 Å². The van der Waals surface area contributed by atoms with Crippen molar-refractivity contribution in [2.75, 3.05) is 5.32 Å². The first-order chi connectivity index (χ1) is 15.8. The van der Waals surface area contributed by atoms with Crippen LogP contribution in [0.2, 0.25) is 0 Å². The second-order valence-corrected chi connectivity index (χ2v) is 7.33. The molecule has 0 atom stereocenters. The van der Waals surface area contributed by atoms with Gasteiger partial charge in [-0.15, -0.1) is 12.8 Å². The lowest BCUT2D eigenvalue weighted by Crippen LogP contribution is -2.10. The average Bonchev–Trinajstić information content (AvgIpc) is 3.43. The van der Waals surface area contributed by atoms with Crippen LogP contribution in [0.4, 0.5) is 10.2 Å². The van der Waals surface area contributed by atoms with Crippen LogP contribution in [0.1, 0.15) is 30.1 Å². The normalized spacial score (nSPS) is 13.1. The van der Waals surface area contributed by atoms with Gasteiger partial charge in [0.2, 0.25) is 0 Å². The molecule has 0 aliphatic heterocycles. The van der Waals surface area contributed by atoms with E-state index in [1.165, 1.54) is 12.4 Å². The third-order valence-corrected chi connectivity index (χ3v) is 5.37. The van der Waals surface area contributed by atoms with Gasteiger partial charge in [-0.25, -0.2) is 29.3 Å². The Hall–Kier alpha value is -4.32. The molecule has 0 spiro atoms. The van der Waals surface area contributed by atoms with Gasteiger partial charge in [-0.1, -0.05) is 6.07 Å². The van der Waals surface area contributed by atoms with Gasteiger partial charge in [-0.05, 0) is 43.0 Å². The molecule has 4 aromatic heterocycles. The van der Waals surface area contributed by atoms with Crippen molar-refractivity contribution in [3.63, 3.8) is 0 Å². The van der Waals surface area contributed by atoms with Crippen molar-refractivity contribution in [2.24, 2.45) is 0 Å². The Morgan fingerprint density at radius 1 is 1.09 bits per heavy atom. The molecule has 8 nitrogen and oxygen atoms in total. The molecule has 6 rings (SSSR count). The van der Waals surface area contributed by atoms with E-state index in [2.05, 4.69) is 43.1 Å². The van der Waals surface area contributed by atoms with Crippen molar-refractivity contribution in [2.45, 2.75) is 25.3 Å². The van der Waals surface area contributed by atoms with Gasteiger partial charge in [0.1, 0.15) is 29.3 Å². The third-order valence-electron chi connectivity index (χ3n) is 5.37. The van der Waals surface area contributed by atoms with Crippen LogP contribution in [-0.4, -0.2) is 34.5 Å². The largest absolute Gasteiger partial charge is 0.361 e. The van der Waals surface area contributed by atoms with Gasteiger partial charge in [0, 0.05) is 11.8 Å². The Kier molecular flexibility index (Phi) is 4.95. The first-order valence-corrected chi connectivity index (χ1v) is 10.1. The molecule has 1 aromatic carbocycles. The number of nitrogens with one attached hydrogen (secondary N) is 2. The van der Waals surface area contributed by atoms with Crippen LogP contribution in [0.5, 0.6) is 0 Å². The molecule has 5 aromatic rings. The minimum atomic E-state index is -0.184. The standard InChI is InChI=1S/C21H17FN8.C2H2/c22-13-6-7-14-19(17(13)12-4-5-12)30(15-3-1-2-8-23-15)16(29-14)9-24-20-18-21(26-10-25-18)28-11-27-20;1-2/h1-3,6-8,10-12H,4-5,9H2,(H2,24,25,26,27,28);1-2H. The second-order valence-electron chi connectivity index (χ2n) is 7.33. The summed E-state index contributed by atoms with van der Waals surface area (Å²) in [6.45, 7) is 0.377. The van der Waals surface area contributed by atoms with E-state index in [4.69, 9.17) is 4.98 Å². The van der Waals surface area contributed by atoms with Gasteiger partial charge < -0.3 is 10.3 Å². The molecular weight excluding hydrogens is 407 g/mol. The van der Waals surface area contributed by atoms with Gasteiger partial charge in [-0.2, -0.15) is 0 Å². The molecule has 1 fully saturated rings. The number of benzene rings is 1. The predicted octanol–water partition coefficient (Wildman–Crippen LogP) is 3.96. The summed E-state index contributed by atoms with van der Waals surface area (Å²) in [6.07, 6.45) is 14.8. The quantitative estimate of drug-likeness (QED) is 0.413. The van der Waals surface area contributed by atoms with Crippen LogP contribution in [0.15, 0.2) is 49.2 Å². The van der Waals surface area contributed by atoms with Crippen LogP contribution in [0, 0.1) is 18.7 Å². The Balaban J connectivity index is 0.00000105. The molecule has 0 radical (unpaired) electrons. The minimum Gasteiger partial charge on any atom is -0.361 e. The monoisotopic (exact) mass is 426 g/mol. The maximum Gasteiger partial charge on any atom is 0.182 e. The Morgan fingerprint density at radius 2 is 1.97 bits per heavy atom. The van der Waals surface area contributed by atoms with Gasteiger partial charge >= 0.3 is 0 Å². The van der Waals surface area contributed by atoms with Crippen LogP contribution in [0.25, 0.3) is 28.0 Å². The minimum absolute atomic E-state index is 0.184.